The molecule has 0 bridgehead atoms. The zero-order valence-corrected chi connectivity index (χ0v) is 41.6. The van der Waals surface area contributed by atoms with Gasteiger partial charge in [0, 0.05) is 27.7 Å². The van der Waals surface area contributed by atoms with Gasteiger partial charge >= 0.3 is 0 Å². The summed E-state index contributed by atoms with van der Waals surface area (Å²) in [6, 6.07) is 109. The van der Waals surface area contributed by atoms with Gasteiger partial charge in [0.15, 0.2) is 0 Å². The molecule has 354 valence electrons. The molecule has 1 atom stereocenters. The summed E-state index contributed by atoms with van der Waals surface area (Å²) >= 11 is 0. The van der Waals surface area contributed by atoms with Gasteiger partial charge in [-0.05, 0) is 126 Å². The zero-order valence-electron chi connectivity index (χ0n) is 41.6. The van der Waals surface area contributed by atoms with Crippen LogP contribution in [-0.4, -0.2) is 4.57 Å². The Morgan fingerprint density at radius 3 is 1.53 bits per heavy atom. The Kier molecular flexibility index (Phi) is 9.20. The van der Waals surface area contributed by atoms with E-state index in [0.717, 1.165) is 28.2 Å². The molecular weight excluding hydrogens is 917 g/mol. The highest BCUT2D eigenvalue weighted by atomic mass is 15.1. The molecule has 76 heavy (non-hydrogen) atoms. The average Bonchev–Trinajstić information content (AvgIpc) is 4.32. The maximum atomic E-state index is 2.53. The SMILES string of the molecule is c1ccc(-c2ccc(-c3ccccc3N(c3ccc4c(c3)-c3ccccc3C43c4ccccc4-n4c5ccccc5c5cccc3c54)c3ccc4c(c3)C(c3ccccc3)(c3ccccc3)c3ccccc3-4)cc2)cc1. The highest BCUT2D eigenvalue weighted by molar-refractivity contribution is 6.13. The normalized spacial score (nSPS) is 15.0. The van der Waals surface area contributed by atoms with E-state index in [9.17, 15) is 0 Å². The number of para-hydroxylation sites is 4. The molecule has 1 aromatic heterocycles. The molecular formula is C74H48N2. The first-order valence-corrected chi connectivity index (χ1v) is 26.5. The summed E-state index contributed by atoms with van der Waals surface area (Å²) in [5.41, 5.74) is 25.9. The van der Waals surface area contributed by atoms with E-state index >= 15 is 0 Å². The third kappa shape index (κ3) is 5.76. The summed E-state index contributed by atoms with van der Waals surface area (Å²) in [4.78, 5) is 2.53. The number of hydrogen-bond donors (Lipinski definition) is 0. The number of fused-ring (bicyclic) bond motifs is 15. The van der Waals surface area contributed by atoms with Gasteiger partial charge in [0.05, 0.1) is 33.2 Å². The van der Waals surface area contributed by atoms with E-state index in [0.29, 0.717) is 0 Å². The van der Waals surface area contributed by atoms with Gasteiger partial charge in [-0.2, -0.15) is 0 Å². The summed E-state index contributed by atoms with van der Waals surface area (Å²) in [6.07, 6.45) is 0. The molecule has 3 aliphatic rings. The lowest BCUT2D eigenvalue weighted by molar-refractivity contribution is 0.748. The van der Waals surface area contributed by atoms with Crippen molar-refractivity contribution in [3.63, 3.8) is 0 Å². The second-order valence-electron chi connectivity index (χ2n) is 20.7. The van der Waals surface area contributed by atoms with Crippen LogP contribution in [0.2, 0.25) is 0 Å². The lowest BCUT2D eigenvalue weighted by atomic mass is 9.65. The molecule has 0 radical (unpaired) electrons. The fourth-order valence-corrected chi connectivity index (χ4v) is 14.1. The van der Waals surface area contributed by atoms with E-state index in [-0.39, 0.29) is 0 Å². The van der Waals surface area contributed by atoms with E-state index in [1.54, 1.807) is 0 Å². The molecule has 1 spiro atoms. The van der Waals surface area contributed by atoms with Gasteiger partial charge in [-0.1, -0.05) is 249 Å². The van der Waals surface area contributed by atoms with Crippen molar-refractivity contribution in [1.82, 2.24) is 4.57 Å². The van der Waals surface area contributed by atoms with E-state index < -0.39 is 10.8 Å². The van der Waals surface area contributed by atoms with Gasteiger partial charge in [-0.15, -0.1) is 0 Å². The van der Waals surface area contributed by atoms with Crippen molar-refractivity contribution in [3.8, 4) is 50.2 Å². The molecule has 1 aliphatic heterocycles. The van der Waals surface area contributed by atoms with Crippen molar-refractivity contribution in [1.29, 1.82) is 0 Å². The first kappa shape index (κ1) is 42.7. The molecule has 2 heterocycles. The van der Waals surface area contributed by atoms with Crippen LogP contribution in [0, 0.1) is 0 Å². The average molecular weight is 965 g/mol. The number of rotatable bonds is 7. The lowest BCUT2D eigenvalue weighted by Gasteiger charge is -2.39. The molecule has 2 aliphatic carbocycles. The molecule has 1 unspecified atom stereocenters. The maximum Gasteiger partial charge on any atom is 0.0754 e. The molecule has 2 heteroatoms. The van der Waals surface area contributed by atoms with Crippen LogP contribution in [0.5, 0.6) is 0 Å². The standard InChI is InChI=1S/C74H48N2/c1-4-21-49(22-5-1)50-39-41-51(42-40-50)56-27-12-17-36-69(56)75(55-43-45-59-57-28-10-14-32-63(57)73(68(59)48-55,52-23-6-2-7-24-52)53-25-8-3-9-26-53)54-44-46-65-62(47-54)58-29-11-15-33-64(58)74(65)66-34-16-19-38-71(66)76-70-37-18-13-30-60(70)61-31-20-35-67(74)72(61)76/h1-48H. The van der Waals surface area contributed by atoms with Crippen LogP contribution in [0.25, 0.3) is 72.0 Å². The van der Waals surface area contributed by atoms with Gasteiger partial charge in [-0.3, -0.25) is 0 Å². The smallest absolute Gasteiger partial charge is 0.0754 e. The van der Waals surface area contributed by atoms with Gasteiger partial charge in [0.25, 0.3) is 0 Å². The first-order chi connectivity index (χ1) is 37.7. The summed E-state index contributed by atoms with van der Waals surface area (Å²) in [5, 5.41) is 2.56. The predicted molar refractivity (Wildman–Crippen MR) is 315 cm³/mol. The van der Waals surface area contributed by atoms with Crippen LogP contribution in [0.4, 0.5) is 17.1 Å². The fourth-order valence-electron chi connectivity index (χ4n) is 14.1. The molecule has 2 nitrogen and oxygen atoms in total. The third-order valence-electron chi connectivity index (χ3n) is 17.1. The Morgan fingerprint density at radius 1 is 0.276 bits per heavy atom. The van der Waals surface area contributed by atoms with Crippen molar-refractivity contribution in [2.24, 2.45) is 0 Å². The minimum Gasteiger partial charge on any atom is -0.310 e. The maximum absolute atomic E-state index is 2.53. The summed E-state index contributed by atoms with van der Waals surface area (Å²) < 4.78 is 2.53. The van der Waals surface area contributed by atoms with Crippen LogP contribution in [0.1, 0.15) is 44.5 Å². The number of benzene rings is 12. The first-order valence-electron chi connectivity index (χ1n) is 26.5. The van der Waals surface area contributed by atoms with E-state index in [4.69, 9.17) is 0 Å². The number of nitrogens with zero attached hydrogens (tertiary/aromatic N) is 2. The summed E-state index contributed by atoms with van der Waals surface area (Å²) in [7, 11) is 0. The lowest BCUT2D eigenvalue weighted by Crippen LogP contribution is -2.33. The van der Waals surface area contributed by atoms with Crippen LogP contribution in [0.15, 0.2) is 291 Å². The Hall–Kier alpha value is -9.76. The van der Waals surface area contributed by atoms with E-state index in [2.05, 4.69) is 301 Å². The van der Waals surface area contributed by atoms with Crippen molar-refractivity contribution in [2.75, 3.05) is 4.90 Å². The van der Waals surface area contributed by atoms with Crippen LogP contribution < -0.4 is 4.90 Å². The molecule has 0 saturated heterocycles. The summed E-state index contributed by atoms with van der Waals surface area (Å²) in [6.45, 7) is 0. The third-order valence-corrected chi connectivity index (χ3v) is 17.1. The Morgan fingerprint density at radius 2 is 0.776 bits per heavy atom. The van der Waals surface area contributed by atoms with Gasteiger partial charge < -0.3 is 9.47 Å². The molecule has 16 rings (SSSR count). The van der Waals surface area contributed by atoms with E-state index in [1.165, 1.54) is 105 Å². The molecule has 0 amide bonds. The molecule has 12 aromatic carbocycles. The topological polar surface area (TPSA) is 8.17 Å². The minimum absolute atomic E-state index is 0.557. The van der Waals surface area contributed by atoms with Crippen molar-refractivity contribution in [2.45, 2.75) is 10.8 Å². The fraction of sp³-hybridized carbons (Fsp3) is 0.0270. The second kappa shape index (κ2) is 16.4. The predicted octanol–water partition coefficient (Wildman–Crippen LogP) is 18.6. The van der Waals surface area contributed by atoms with Crippen LogP contribution in [-0.2, 0) is 10.8 Å². The molecule has 13 aromatic rings. The largest absolute Gasteiger partial charge is 0.310 e. The van der Waals surface area contributed by atoms with Gasteiger partial charge in [-0.25, -0.2) is 0 Å². The van der Waals surface area contributed by atoms with E-state index in [1.807, 2.05) is 0 Å². The number of aromatic nitrogens is 1. The number of anilines is 3. The Bertz CT molecular complexity index is 4410. The minimum atomic E-state index is -0.565. The highest BCUT2D eigenvalue weighted by Crippen LogP contribution is 2.63. The zero-order chi connectivity index (χ0) is 50.0. The Balaban J connectivity index is 0.964. The molecule has 0 fully saturated rings. The quantitative estimate of drug-likeness (QED) is 0.155. The highest BCUT2D eigenvalue weighted by Gasteiger charge is 2.51. The van der Waals surface area contributed by atoms with Crippen LogP contribution in [0.3, 0.4) is 0 Å². The van der Waals surface area contributed by atoms with Gasteiger partial charge in [0.2, 0.25) is 0 Å². The van der Waals surface area contributed by atoms with Crippen molar-refractivity contribution >= 4 is 38.9 Å². The van der Waals surface area contributed by atoms with Crippen molar-refractivity contribution < 1.29 is 0 Å². The number of hydrogen-bond acceptors (Lipinski definition) is 1. The second-order valence-corrected chi connectivity index (χ2v) is 20.7. The van der Waals surface area contributed by atoms with Gasteiger partial charge in [0.1, 0.15) is 0 Å². The monoisotopic (exact) mass is 964 g/mol. The van der Waals surface area contributed by atoms with Crippen molar-refractivity contribution in [3.05, 3.63) is 336 Å². The Labute approximate surface area is 442 Å². The van der Waals surface area contributed by atoms with Crippen LogP contribution >= 0.6 is 0 Å². The summed E-state index contributed by atoms with van der Waals surface area (Å²) in [5.74, 6) is 0. The molecule has 0 N–H and O–H groups in total. The molecule has 0 saturated carbocycles.